The van der Waals surface area contributed by atoms with Gasteiger partial charge >= 0.3 is 0 Å². The van der Waals surface area contributed by atoms with Gasteiger partial charge in [0.25, 0.3) is 5.91 Å². The number of nitrogens with two attached hydrogens (primary N) is 1. The van der Waals surface area contributed by atoms with Gasteiger partial charge in [-0.25, -0.2) is 0 Å². The smallest absolute Gasteiger partial charge is 0.254 e. The van der Waals surface area contributed by atoms with Crippen molar-refractivity contribution in [3.63, 3.8) is 0 Å². The van der Waals surface area contributed by atoms with Crippen LogP contribution in [0, 0.1) is 0 Å². The monoisotopic (exact) mass is 316 g/mol. The molecular weight excluding hydrogens is 292 g/mol. The fraction of sp³-hybridized carbons (Fsp3) is 0.389. The number of nitrogens with one attached hydrogen (secondary N) is 1. The highest BCUT2D eigenvalue weighted by molar-refractivity contribution is 5.93. The topological polar surface area (TPSA) is 88.5 Å². The number of aliphatic hydroxyl groups excluding tert-OH is 1. The Morgan fingerprint density at radius 2 is 1.96 bits per heavy atom. The van der Waals surface area contributed by atoms with Crippen molar-refractivity contribution >= 4 is 5.91 Å². The lowest BCUT2D eigenvalue weighted by Gasteiger charge is -2.20. The third-order valence-electron chi connectivity index (χ3n) is 3.73. The van der Waals surface area contributed by atoms with Crippen LogP contribution in [0.1, 0.15) is 54.1 Å². The van der Waals surface area contributed by atoms with Gasteiger partial charge in [0.05, 0.1) is 18.2 Å². The normalized spacial score (nSPS) is 12.9. The van der Waals surface area contributed by atoms with E-state index in [0.717, 1.165) is 5.56 Å². The summed E-state index contributed by atoms with van der Waals surface area (Å²) in [4.78, 5) is 12.0. The van der Waals surface area contributed by atoms with Gasteiger partial charge in [0.2, 0.25) is 0 Å². The molecule has 0 bridgehead atoms. The molecule has 1 aromatic heterocycles. The van der Waals surface area contributed by atoms with Crippen molar-refractivity contribution in [2.75, 3.05) is 6.54 Å². The summed E-state index contributed by atoms with van der Waals surface area (Å²) in [7, 11) is 0. The zero-order chi connectivity index (χ0) is 17.0. The highest BCUT2D eigenvalue weighted by atomic mass is 16.3. The van der Waals surface area contributed by atoms with E-state index in [0.29, 0.717) is 11.3 Å². The maximum absolute atomic E-state index is 12.0. The Kier molecular flexibility index (Phi) is 5.23. The second-order valence-corrected chi connectivity index (χ2v) is 6.60. The van der Waals surface area contributed by atoms with Crippen LogP contribution in [0.3, 0.4) is 0 Å². The van der Waals surface area contributed by atoms with Gasteiger partial charge in [-0.1, -0.05) is 45.0 Å². The Labute approximate surface area is 136 Å². The number of carbonyl (C=O) groups is 1. The first-order chi connectivity index (χ1) is 10.8. The Hall–Kier alpha value is -2.11. The molecule has 1 heterocycles. The van der Waals surface area contributed by atoms with Gasteiger partial charge in [0.15, 0.2) is 0 Å². The molecule has 0 radical (unpaired) electrons. The maximum Gasteiger partial charge on any atom is 0.254 e. The molecule has 0 saturated heterocycles. The van der Waals surface area contributed by atoms with Crippen LogP contribution >= 0.6 is 0 Å². The first-order valence-corrected chi connectivity index (χ1v) is 7.65. The summed E-state index contributed by atoms with van der Waals surface area (Å²) in [6.45, 7) is 6.80. The minimum atomic E-state index is -0.756. The number of hydrogen-bond acceptors (Lipinski definition) is 4. The molecule has 2 aromatic rings. The fourth-order valence-corrected chi connectivity index (χ4v) is 2.22. The van der Waals surface area contributed by atoms with Gasteiger partial charge in [-0.3, -0.25) is 4.79 Å². The Morgan fingerprint density at radius 1 is 1.30 bits per heavy atom. The predicted octanol–water partition coefficient (Wildman–Crippen LogP) is 2.50. The van der Waals surface area contributed by atoms with Crippen molar-refractivity contribution in [2.24, 2.45) is 5.73 Å². The van der Waals surface area contributed by atoms with E-state index in [-0.39, 0.29) is 24.4 Å². The van der Waals surface area contributed by atoms with Crippen molar-refractivity contribution in [3.8, 4) is 0 Å². The molecule has 0 aliphatic heterocycles. The van der Waals surface area contributed by atoms with Crippen molar-refractivity contribution in [3.05, 3.63) is 59.0 Å². The van der Waals surface area contributed by atoms with Gasteiger partial charge in [-0.15, -0.1) is 0 Å². The van der Waals surface area contributed by atoms with Gasteiger partial charge in [0, 0.05) is 6.54 Å². The van der Waals surface area contributed by atoms with Crippen LogP contribution in [-0.2, 0) is 12.0 Å². The van der Waals surface area contributed by atoms with Crippen molar-refractivity contribution in [1.29, 1.82) is 0 Å². The molecule has 0 saturated carbocycles. The van der Waals surface area contributed by atoms with E-state index in [1.165, 1.54) is 11.8 Å². The number of aliphatic hydroxyl groups is 1. The SMILES string of the molecule is CC(C)(C)c1ccc(C(O)CNC(=O)c2coc(CN)c2)cc1. The average molecular weight is 316 g/mol. The Bertz CT molecular complexity index is 654. The molecule has 124 valence electrons. The second-order valence-electron chi connectivity index (χ2n) is 6.60. The quantitative estimate of drug-likeness (QED) is 0.791. The minimum absolute atomic E-state index is 0.0691. The first-order valence-electron chi connectivity index (χ1n) is 7.65. The molecule has 5 heteroatoms. The van der Waals surface area contributed by atoms with E-state index >= 15 is 0 Å². The average Bonchev–Trinajstić information content (AvgIpc) is 3.00. The van der Waals surface area contributed by atoms with E-state index in [2.05, 4.69) is 26.1 Å². The standard InChI is InChI=1S/C18H24N2O3/c1-18(2,3)14-6-4-12(5-7-14)16(21)10-20-17(22)13-8-15(9-19)23-11-13/h4-8,11,16,21H,9-10,19H2,1-3H3,(H,20,22). The van der Waals surface area contributed by atoms with E-state index in [1.807, 2.05) is 24.3 Å². The van der Waals surface area contributed by atoms with Gasteiger partial charge in [0.1, 0.15) is 12.0 Å². The van der Waals surface area contributed by atoms with E-state index in [9.17, 15) is 9.90 Å². The highest BCUT2D eigenvalue weighted by Crippen LogP contribution is 2.23. The lowest BCUT2D eigenvalue weighted by atomic mass is 9.86. The van der Waals surface area contributed by atoms with Gasteiger partial charge < -0.3 is 20.6 Å². The molecule has 1 atom stereocenters. The Balaban J connectivity index is 1.94. The fourth-order valence-electron chi connectivity index (χ4n) is 2.22. The molecule has 0 spiro atoms. The minimum Gasteiger partial charge on any atom is -0.467 e. The molecule has 4 N–H and O–H groups in total. The summed E-state index contributed by atoms with van der Waals surface area (Å²) < 4.78 is 5.12. The number of furan rings is 1. The number of carbonyl (C=O) groups excluding carboxylic acids is 1. The van der Waals surface area contributed by atoms with Crippen LogP contribution in [0.15, 0.2) is 41.0 Å². The number of amides is 1. The summed E-state index contributed by atoms with van der Waals surface area (Å²) in [6.07, 6.45) is 0.607. The molecular formula is C18H24N2O3. The maximum atomic E-state index is 12.0. The summed E-state index contributed by atoms with van der Waals surface area (Å²) in [5.74, 6) is 0.257. The van der Waals surface area contributed by atoms with Crippen molar-refractivity contribution in [2.45, 2.75) is 38.8 Å². The molecule has 0 aliphatic carbocycles. The molecule has 23 heavy (non-hydrogen) atoms. The van der Waals surface area contributed by atoms with Crippen LogP contribution in [-0.4, -0.2) is 17.6 Å². The van der Waals surface area contributed by atoms with Gasteiger partial charge in [-0.05, 0) is 22.6 Å². The van der Waals surface area contributed by atoms with Crippen molar-refractivity contribution in [1.82, 2.24) is 5.32 Å². The third-order valence-corrected chi connectivity index (χ3v) is 3.73. The zero-order valence-corrected chi connectivity index (χ0v) is 13.8. The molecule has 1 amide bonds. The molecule has 2 rings (SSSR count). The number of rotatable bonds is 5. The molecule has 0 fully saturated rings. The van der Waals surface area contributed by atoms with Crippen LogP contribution < -0.4 is 11.1 Å². The second kappa shape index (κ2) is 6.98. The van der Waals surface area contributed by atoms with Crippen LogP contribution in [0.4, 0.5) is 0 Å². The largest absolute Gasteiger partial charge is 0.467 e. The molecule has 1 unspecified atom stereocenters. The summed E-state index contributed by atoms with van der Waals surface area (Å²) in [5, 5.41) is 12.9. The number of hydrogen-bond donors (Lipinski definition) is 3. The lowest BCUT2D eigenvalue weighted by Crippen LogP contribution is -2.28. The van der Waals surface area contributed by atoms with Gasteiger partial charge in [-0.2, -0.15) is 0 Å². The number of benzene rings is 1. The predicted molar refractivity (Wildman–Crippen MR) is 89.0 cm³/mol. The summed E-state index contributed by atoms with van der Waals surface area (Å²) in [6, 6.07) is 9.39. The van der Waals surface area contributed by atoms with Crippen LogP contribution in [0.2, 0.25) is 0 Å². The zero-order valence-electron chi connectivity index (χ0n) is 13.8. The first kappa shape index (κ1) is 17.2. The van der Waals surface area contributed by atoms with Crippen LogP contribution in [0.5, 0.6) is 0 Å². The molecule has 0 aliphatic rings. The molecule has 1 aromatic carbocycles. The van der Waals surface area contributed by atoms with E-state index < -0.39 is 6.10 Å². The van der Waals surface area contributed by atoms with E-state index in [4.69, 9.17) is 10.2 Å². The lowest BCUT2D eigenvalue weighted by molar-refractivity contribution is 0.0915. The van der Waals surface area contributed by atoms with E-state index in [1.54, 1.807) is 6.07 Å². The molecule has 5 nitrogen and oxygen atoms in total. The third kappa shape index (κ3) is 4.43. The Morgan fingerprint density at radius 3 is 2.48 bits per heavy atom. The van der Waals surface area contributed by atoms with Crippen molar-refractivity contribution < 1.29 is 14.3 Å². The summed E-state index contributed by atoms with van der Waals surface area (Å²) >= 11 is 0. The highest BCUT2D eigenvalue weighted by Gasteiger charge is 2.16. The summed E-state index contributed by atoms with van der Waals surface area (Å²) in [5.41, 5.74) is 7.88. The van der Waals surface area contributed by atoms with Crippen LogP contribution in [0.25, 0.3) is 0 Å².